The van der Waals surface area contributed by atoms with Crippen molar-refractivity contribution in [3.05, 3.63) is 34.1 Å². The van der Waals surface area contributed by atoms with Crippen molar-refractivity contribution in [3.8, 4) is 0 Å². The van der Waals surface area contributed by atoms with Crippen LogP contribution >= 0.6 is 0 Å². The van der Waals surface area contributed by atoms with Gasteiger partial charge >= 0.3 is 0 Å². The molecule has 1 aromatic rings. The minimum absolute atomic E-state index is 0.0441. The maximum Gasteiger partial charge on any atom is 0.272 e. The number of halogens is 1. The maximum atomic E-state index is 13.8. The summed E-state index contributed by atoms with van der Waals surface area (Å²) in [5.41, 5.74) is -0.423. The number of nitro groups is 1. The second-order valence-electron chi connectivity index (χ2n) is 5.02. The first-order valence-corrected chi connectivity index (χ1v) is 6.37. The second kappa shape index (κ2) is 5.47. The minimum Gasteiger partial charge on any atom is -0.371 e. The summed E-state index contributed by atoms with van der Waals surface area (Å²) in [5.74, 6) is -1.59. The maximum absolute atomic E-state index is 13.8. The van der Waals surface area contributed by atoms with E-state index in [0.29, 0.717) is 0 Å². The van der Waals surface area contributed by atoms with Gasteiger partial charge in [-0.2, -0.15) is 0 Å². The molecule has 0 bridgehead atoms. The van der Waals surface area contributed by atoms with Gasteiger partial charge in [0.05, 0.1) is 23.1 Å². The van der Waals surface area contributed by atoms with Gasteiger partial charge in [-0.3, -0.25) is 24.6 Å². The number of nitro benzene ring substituents is 1. The number of non-ortho nitro benzene ring substituents is 1. The average Bonchev–Trinajstić information content (AvgIpc) is 2.66. The zero-order valence-corrected chi connectivity index (χ0v) is 11.5. The number of likely N-dealkylation sites (tertiary alicyclic amines) is 1. The molecule has 0 aromatic heterocycles. The van der Waals surface area contributed by atoms with Crippen LogP contribution in [0.25, 0.3) is 0 Å². The molecule has 21 heavy (non-hydrogen) atoms. The van der Waals surface area contributed by atoms with Crippen molar-refractivity contribution >= 4 is 23.2 Å². The van der Waals surface area contributed by atoms with Crippen LogP contribution in [-0.2, 0) is 9.59 Å². The van der Waals surface area contributed by atoms with Gasteiger partial charge in [0.2, 0.25) is 5.91 Å². The first kappa shape index (κ1) is 14.9. The predicted octanol–water partition coefficient (Wildman–Crippen LogP) is 1.68. The molecule has 1 aliphatic heterocycles. The Hall–Kier alpha value is -2.51. The van der Waals surface area contributed by atoms with Crippen LogP contribution in [0.1, 0.15) is 20.3 Å². The van der Waals surface area contributed by atoms with Gasteiger partial charge < -0.3 is 5.32 Å². The molecule has 0 radical (unpaired) electrons. The smallest absolute Gasteiger partial charge is 0.272 e. The summed E-state index contributed by atoms with van der Waals surface area (Å²) in [6, 6.07) is 1.97. The Balaban J connectivity index is 2.18. The molecule has 1 unspecified atom stereocenters. The first-order chi connectivity index (χ1) is 9.81. The van der Waals surface area contributed by atoms with Gasteiger partial charge in [-0.15, -0.1) is 0 Å². The first-order valence-electron chi connectivity index (χ1n) is 6.37. The van der Waals surface area contributed by atoms with Crippen molar-refractivity contribution in [1.29, 1.82) is 0 Å². The summed E-state index contributed by atoms with van der Waals surface area (Å²) in [7, 11) is 0. The number of benzene rings is 1. The second-order valence-corrected chi connectivity index (χ2v) is 5.02. The van der Waals surface area contributed by atoms with E-state index in [1.54, 1.807) is 13.8 Å². The van der Waals surface area contributed by atoms with Crippen LogP contribution in [0.4, 0.5) is 15.8 Å². The fraction of sp³-hybridized carbons (Fsp3) is 0.385. The third-order valence-electron chi connectivity index (χ3n) is 3.19. The number of nitrogens with one attached hydrogen (secondary N) is 1. The van der Waals surface area contributed by atoms with E-state index in [1.165, 1.54) is 6.07 Å². The van der Waals surface area contributed by atoms with E-state index in [-0.39, 0.29) is 29.7 Å². The fourth-order valence-electron chi connectivity index (χ4n) is 2.23. The Morgan fingerprint density at radius 1 is 1.43 bits per heavy atom. The Bertz CT molecular complexity index is 617. The summed E-state index contributed by atoms with van der Waals surface area (Å²) >= 11 is 0. The number of nitrogens with zero attached hydrogens (tertiary/aromatic N) is 2. The lowest BCUT2D eigenvalue weighted by atomic mass is 10.2. The molecule has 2 rings (SSSR count). The largest absolute Gasteiger partial charge is 0.371 e. The highest BCUT2D eigenvalue weighted by Gasteiger charge is 2.40. The van der Waals surface area contributed by atoms with Crippen LogP contribution < -0.4 is 5.32 Å². The molecule has 0 spiro atoms. The highest BCUT2D eigenvalue weighted by molar-refractivity contribution is 6.07. The average molecular weight is 295 g/mol. The van der Waals surface area contributed by atoms with Crippen molar-refractivity contribution in [1.82, 2.24) is 4.90 Å². The van der Waals surface area contributed by atoms with Gasteiger partial charge in [-0.25, -0.2) is 4.39 Å². The van der Waals surface area contributed by atoms with Gasteiger partial charge in [0.15, 0.2) is 5.82 Å². The van der Waals surface area contributed by atoms with Crippen molar-refractivity contribution in [2.45, 2.75) is 32.4 Å². The van der Waals surface area contributed by atoms with Crippen LogP contribution in [0.5, 0.6) is 0 Å². The third kappa shape index (κ3) is 2.83. The lowest BCUT2D eigenvalue weighted by Gasteiger charge is -2.19. The highest BCUT2D eigenvalue weighted by atomic mass is 19.1. The third-order valence-corrected chi connectivity index (χ3v) is 3.19. The highest BCUT2D eigenvalue weighted by Crippen LogP contribution is 2.24. The SMILES string of the molecule is CC(C)N1C(=O)CC(Nc2ccc([N+](=O)[O-])cc2F)C1=O. The van der Waals surface area contributed by atoms with Crippen LogP contribution in [0.2, 0.25) is 0 Å². The summed E-state index contributed by atoms with van der Waals surface area (Å²) in [5, 5.41) is 13.2. The van der Waals surface area contributed by atoms with E-state index < -0.39 is 22.7 Å². The quantitative estimate of drug-likeness (QED) is 0.518. The molecule has 8 heteroatoms. The van der Waals surface area contributed by atoms with Gasteiger partial charge in [-0.05, 0) is 19.9 Å². The molecule has 0 aliphatic carbocycles. The monoisotopic (exact) mass is 295 g/mol. The number of carbonyl (C=O) groups excluding carboxylic acids is 2. The van der Waals surface area contributed by atoms with Gasteiger partial charge in [0, 0.05) is 12.1 Å². The molecule has 1 saturated heterocycles. The van der Waals surface area contributed by atoms with E-state index in [4.69, 9.17) is 0 Å². The van der Waals surface area contributed by atoms with Crippen LogP contribution in [0.15, 0.2) is 18.2 Å². The standard InChI is InChI=1S/C13H14FN3O4/c1-7(2)16-12(18)6-11(13(16)19)15-10-4-3-8(17(20)21)5-9(10)14/h3-5,7,11,15H,6H2,1-2H3. The van der Waals surface area contributed by atoms with E-state index >= 15 is 0 Å². The molecule has 7 nitrogen and oxygen atoms in total. The molecule has 1 aromatic carbocycles. The fourth-order valence-corrected chi connectivity index (χ4v) is 2.23. The number of carbonyl (C=O) groups is 2. The topological polar surface area (TPSA) is 92.6 Å². The lowest BCUT2D eigenvalue weighted by molar-refractivity contribution is -0.385. The molecule has 1 aliphatic rings. The summed E-state index contributed by atoms with van der Waals surface area (Å²) in [6.07, 6.45) is -0.0621. The molecule has 0 saturated carbocycles. The van der Waals surface area contributed by atoms with E-state index in [2.05, 4.69) is 5.32 Å². The summed E-state index contributed by atoms with van der Waals surface area (Å²) in [4.78, 5) is 34.7. The molecule has 112 valence electrons. The Kier molecular flexibility index (Phi) is 3.88. The molecular weight excluding hydrogens is 281 g/mol. The molecule has 1 fully saturated rings. The molecule has 2 amide bonds. The molecular formula is C13H14FN3O4. The van der Waals surface area contributed by atoms with Crippen LogP contribution in [0.3, 0.4) is 0 Å². The molecule has 1 N–H and O–H groups in total. The van der Waals surface area contributed by atoms with Crippen molar-refractivity contribution in [2.75, 3.05) is 5.32 Å². The van der Waals surface area contributed by atoms with Gasteiger partial charge in [0.1, 0.15) is 6.04 Å². The van der Waals surface area contributed by atoms with Gasteiger partial charge in [0.25, 0.3) is 11.6 Å². The number of anilines is 1. The van der Waals surface area contributed by atoms with Crippen molar-refractivity contribution in [2.24, 2.45) is 0 Å². The number of amides is 2. The minimum atomic E-state index is -0.851. The van der Waals surface area contributed by atoms with Crippen LogP contribution in [-0.4, -0.2) is 33.7 Å². The predicted molar refractivity (Wildman–Crippen MR) is 72.1 cm³/mol. The normalized spacial score (nSPS) is 18.5. The lowest BCUT2D eigenvalue weighted by Crippen LogP contribution is -2.39. The van der Waals surface area contributed by atoms with E-state index in [0.717, 1.165) is 17.0 Å². The zero-order valence-electron chi connectivity index (χ0n) is 11.5. The molecule has 1 heterocycles. The van der Waals surface area contributed by atoms with Crippen LogP contribution in [0, 0.1) is 15.9 Å². The van der Waals surface area contributed by atoms with E-state index in [9.17, 15) is 24.1 Å². The number of hydrogen-bond acceptors (Lipinski definition) is 5. The number of hydrogen-bond donors (Lipinski definition) is 1. The van der Waals surface area contributed by atoms with Crippen molar-refractivity contribution in [3.63, 3.8) is 0 Å². The van der Waals surface area contributed by atoms with Crippen molar-refractivity contribution < 1.29 is 18.9 Å². The Morgan fingerprint density at radius 3 is 2.57 bits per heavy atom. The summed E-state index contributed by atoms with van der Waals surface area (Å²) in [6.45, 7) is 3.43. The van der Waals surface area contributed by atoms with Gasteiger partial charge in [-0.1, -0.05) is 0 Å². The number of rotatable bonds is 4. The Morgan fingerprint density at radius 2 is 2.10 bits per heavy atom. The number of imide groups is 1. The van der Waals surface area contributed by atoms with E-state index in [1.807, 2.05) is 0 Å². The zero-order chi connectivity index (χ0) is 15.7. The molecule has 1 atom stereocenters. The Labute approximate surface area is 119 Å². The summed E-state index contributed by atoms with van der Waals surface area (Å²) < 4.78 is 13.8.